The van der Waals surface area contributed by atoms with Gasteiger partial charge in [-0.3, -0.25) is 4.79 Å². The molecule has 0 radical (unpaired) electrons. The number of alkyl halides is 2. The monoisotopic (exact) mass is 436 g/mol. The van der Waals surface area contributed by atoms with Crippen LogP contribution in [0.5, 0.6) is 5.75 Å². The topological polar surface area (TPSA) is 76.1 Å². The highest BCUT2D eigenvalue weighted by atomic mass is 35.5. The molecule has 0 spiro atoms. The minimum Gasteiger partial charge on any atom is -0.485 e. The highest BCUT2D eigenvalue weighted by Gasteiger charge is 2.15. The maximum atomic E-state index is 13.4. The van der Waals surface area contributed by atoms with Crippen molar-refractivity contribution in [1.29, 1.82) is 0 Å². The number of hydrogen-bond acceptors (Lipinski definition) is 5. The summed E-state index contributed by atoms with van der Waals surface area (Å²) in [5, 5.41) is 5.99. The molecule has 1 amide bonds. The van der Waals surface area contributed by atoms with Gasteiger partial charge in [0.2, 0.25) is 5.91 Å². The molecule has 0 aliphatic rings. The van der Waals surface area contributed by atoms with Gasteiger partial charge in [-0.15, -0.1) is 0 Å². The first-order valence-corrected chi connectivity index (χ1v) is 9.10. The van der Waals surface area contributed by atoms with Gasteiger partial charge in [0.15, 0.2) is 0 Å². The Bertz CT molecular complexity index is 1110. The molecule has 3 aromatic rings. The molecule has 0 unspecified atom stereocenters. The molecule has 2 aromatic carbocycles. The summed E-state index contributed by atoms with van der Waals surface area (Å²) >= 11 is 5.81. The number of allylic oxidation sites excluding steroid dienone is 1. The van der Waals surface area contributed by atoms with Crippen molar-refractivity contribution in [2.24, 2.45) is 0 Å². The van der Waals surface area contributed by atoms with E-state index in [0.29, 0.717) is 22.4 Å². The Morgan fingerprint density at radius 3 is 2.77 bits per heavy atom. The van der Waals surface area contributed by atoms with Crippen LogP contribution in [0.2, 0.25) is 5.02 Å². The van der Waals surface area contributed by atoms with E-state index in [-0.39, 0.29) is 16.5 Å². The van der Waals surface area contributed by atoms with Crippen molar-refractivity contribution in [3.05, 3.63) is 59.7 Å². The number of aromatic nitrogens is 2. The maximum absolute atomic E-state index is 13.4. The van der Waals surface area contributed by atoms with E-state index in [1.807, 2.05) is 0 Å². The van der Waals surface area contributed by atoms with E-state index in [2.05, 4.69) is 20.6 Å². The zero-order chi connectivity index (χ0) is 21.7. The Morgan fingerprint density at radius 2 is 2.07 bits per heavy atom. The number of benzene rings is 2. The Morgan fingerprint density at radius 1 is 1.27 bits per heavy atom. The molecule has 2 N–H and O–H groups in total. The molecule has 1 aromatic heterocycles. The number of amides is 1. The van der Waals surface area contributed by atoms with Crippen molar-refractivity contribution in [1.82, 2.24) is 9.97 Å². The summed E-state index contributed by atoms with van der Waals surface area (Å²) in [5.41, 5.74) is 1.02. The van der Waals surface area contributed by atoms with Gasteiger partial charge in [-0.1, -0.05) is 17.7 Å². The number of nitrogens with zero attached hydrogens (tertiary/aromatic N) is 2. The molecule has 0 saturated carbocycles. The SMILES string of the molecule is CC=CC(=O)Nc1cc2c(Nc3ccc(F)c(Cl)c3)ncnc2cc1OCC(F)F. The molecule has 156 valence electrons. The lowest BCUT2D eigenvalue weighted by atomic mass is 10.1. The zero-order valence-electron chi connectivity index (χ0n) is 15.6. The number of fused-ring (bicyclic) bond motifs is 1. The van der Waals surface area contributed by atoms with Crippen LogP contribution < -0.4 is 15.4 Å². The number of nitrogens with one attached hydrogen (secondary N) is 2. The largest absolute Gasteiger partial charge is 0.485 e. The van der Waals surface area contributed by atoms with E-state index in [0.717, 1.165) is 0 Å². The van der Waals surface area contributed by atoms with Gasteiger partial charge in [0.05, 0.1) is 16.2 Å². The van der Waals surface area contributed by atoms with Gasteiger partial charge in [0, 0.05) is 17.1 Å². The van der Waals surface area contributed by atoms with Crippen molar-refractivity contribution in [3.63, 3.8) is 0 Å². The minimum atomic E-state index is -2.69. The third-order valence-electron chi connectivity index (χ3n) is 3.86. The van der Waals surface area contributed by atoms with Crippen LogP contribution in [0.4, 0.5) is 30.4 Å². The Hall–Kier alpha value is -3.33. The lowest BCUT2D eigenvalue weighted by Gasteiger charge is -2.15. The highest BCUT2D eigenvalue weighted by molar-refractivity contribution is 6.31. The number of carbonyl (C=O) groups is 1. The maximum Gasteiger partial charge on any atom is 0.272 e. The third-order valence-corrected chi connectivity index (χ3v) is 4.15. The molecule has 0 aliphatic carbocycles. The first kappa shape index (κ1) is 21.4. The zero-order valence-corrected chi connectivity index (χ0v) is 16.4. The van der Waals surface area contributed by atoms with Crippen LogP contribution in [-0.4, -0.2) is 28.9 Å². The predicted octanol–water partition coefficient (Wildman–Crippen LogP) is 5.32. The van der Waals surface area contributed by atoms with Gasteiger partial charge < -0.3 is 15.4 Å². The number of anilines is 3. The molecule has 3 rings (SSSR count). The summed E-state index contributed by atoms with van der Waals surface area (Å²) in [5.74, 6) is -0.653. The van der Waals surface area contributed by atoms with E-state index in [1.54, 1.807) is 6.92 Å². The Balaban J connectivity index is 2.04. The molecule has 0 atom stereocenters. The molecule has 30 heavy (non-hydrogen) atoms. The molecule has 0 aliphatic heterocycles. The molecule has 0 saturated heterocycles. The van der Waals surface area contributed by atoms with Gasteiger partial charge >= 0.3 is 0 Å². The number of halogens is 4. The fourth-order valence-corrected chi connectivity index (χ4v) is 2.77. The Kier molecular flexibility index (Phi) is 6.73. The molecule has 10 heteroatoms. The van der Waals surface area contributed by atoms with Gasteiger partial charge in [0.25, 0.3) is 6.43 Å². The van der Waals surface area contributed by atoms with Crippen LogP contribution in [0.25, 0.3) is 10.9 Å². The van der Waals surface area contributed by atoms with E-state index in [9.17, 15) is 18.0 Å². The summed E-state index contributed by atoms with van der Waals surface area (Å²) in [6.07, 6.45) is 1.39. The number of hydrogen-bond donors (Lipinski definition) is 2. The summed E-state index contributed by atoms with van der Waals surface area (Å²) in [7, 11) is 0. The molecular formula is C20H16ClF3N4O2. The average Bonchev–Trinajstić information content (AvgIpc) is 2.69. The first-order chi connectivity index (χ1) is 14.4. The molecule has 0 fully saturated rings. The number of carbonyl (C=O) groups excluding carboxylic acids is 1. The quantitative estimate of drug-likeness (QED) is 0.490. The van der Waals surface area contributed by atoms with Crippen LogP contribution in [-0.2, 0) is 4.79 Å². The minimum absolute atomic E-state index is 0.0372. The highest BCUT2D eigenvalue weighted by Crippen LogP contribution is 2.34. The van der Waals surface area contributed by atoms with E-state index < -0.39 is 24.8 Å². The normalized spacial score (nSPS) is 11.3. The van der Waals surface area contributed by atoms with Crippen LogP contribution >= 0.6 is 11.6 Å². The summed E-state index contributed by atoms with van der Waals surface area (Å²) in [6.45, 7) is 0.820. The molecule has 1 heterocycles. The van der Waals surface area contributed by atoms with Crippen LogP contribution in [0.15, 0.2) is 48.8 Å². The van der Waals surface area contributed by atoms with Gasteiger partial charge in [0.1, 0.15) is 30.3 Å². The number of ether oxygens (including phenoxy) is 1. The fraction of sp³-hybridized carbons (Fsp3) is 0.150. The standard InChI is InChI=1S/C20H16ClF3N4O2/c1-2-3-19(29)28-16-7-12-15(8-17(16)30-9-18(23)24)25-10-26-20(12)27-11-4-5-14(22)13(21)6-11/h2-8,10,18H,9H2,1H3,(H,28,29)(H,25,26,27). The lowest BCUT2D eigenvalue weighted by Crippen LogP contribution is -2.12. The summed E-state index contributed by atoms with van der Waals surface area (Å²) < 4.78 is 43.8. The van der Waals surface area contributed by atoms with E-state index in [1.165, 1.54) is 48.8 Å². The molecule has 0 bridgehead atoms. The smallest absolute Gasteiger partial charge is 0.272 e. The summed E-state index contributed by atoms with van der Waals surface area (Å²) in [6, 6.07) is 7.00. The van der Waals surface area contributed by atoms with E-state index in [4.69, 9.17) is 16.3 Å². The van der Waals surface area contributed by atoms with Crippen LogP contribution in [0.1, 0.15) is 6.92 Å². The van der Waals surface area contributed by atoms with Crippen LogP contribution in [0, 0.1) is 5.82 Å². The predicted molar refractivity (Wildman–Crippen MR) is 109 cm³/mol. The van der Waals surface area contributed by atoms with Crippen molar-refractivity contribution in [3.8, 4) is 5.75 Å². The second-order valence-corrected chi connectivity index (χ2v) is 6.44. The molecular weight excluding hydrogens is 421 g/mol. The van der Waals surface area contributed by atoms with Crippen molar-refractivity contribution >= 4 is 45.6 Å². The van der Waals surface area contributed by atoms with Crippen molar-refractivity contribution in [2.45, 2.75) is 13.3 Å². The second-order valence-electron chi connectivity index (χ2n) is 6.03. The fourth-order valence-electron chi connectivity index (χ4n) is 2.59. The second kappa shape index (κ2) is 9.45. The van der Waals surface area contributed by atoms with Gasteiger partial charge in [-0.2, -0.15) is 0 Å². The first-order valence-electron chi connectivity index (χ1n) is 8.73. The average molecular weight is 437 g/mol. The lowest BCUT2D eigenvalue weighted by molar-refractivity contribution is -0.111. The Labute approximate surface area is 174 Å². The number of rotatable bonds is 7. The van der Waals surface area contributed by atoms with Crippen molar-refractivity contribution < 1.29 is 22.7 Å². The van der Waals surface area contributed by atoms with Gasteiger partial charge in [-0.05, 0) is 37.3 Å². The summed E-state index contributed by atoms with van der Waals surface area (Å²) in [4.78, 5) is 20.3. The van der Waals surface area contributed by atoms with Gasteiger partial charge in [-0.25, -0.2) is 23.1 Å². The third kappa shape index (κ3) is 5.18. The van der Waals surface area contributed by atoms with E-state index >= 15 is 0 Å². The van der Waals surface area contributed by atoms with Crippen molar-refractivity contribution in [2.75, 3.05) is 17.2 Å². The van der Waals surface area contributed by atoms with Crippen LogP contribution in [0.3, 0.4) is 0 Å². The molecule has 6 nitrogen and oxygen atoms in total.